The Kier molecular flexibility index (Phi) is 3.62. The largest absolute Gasteiger partial charge is 0.328 e. The highest BCUT2D eigenvalue weighted by Gasteiger charge is 2.28. The van der Waals surface area contributed by atoms with Crippen LogP contribution < -0.4 is 5.73 Å². The van der Waals surface area contributed by atoms with Gasteiger partial charge >= 0.3 is 0 Å². The Morgan fingerprint density at radius 3 is 2.50 bits per heavy atom. The quantitative estimate of drug-likeness (QED) is 0.844. The molecule has 16 heavy (non-hydrogen) atoms. The fraction of sp³-hybridized carbons (Fsp3) is 0.571. The molecule has 1 aromatic rings. The molecule has 2 N–H and O–H groups in total. The molecular formula is C14H22N2. The molecular weight excluding hydrogens is 196 g/mol. The molecule has 3 atom stereocenters. The van der Waals surface area contributed by atoms with Gasteiger partial charge in [-0.15, -0.1) is 0 Å². The maximum absolute atomic E-state index is 5.97. The van der Waals surface area contributed by atoms with Gasteiger partial charge in [-0.2, -0.15) is 0 Å². The van der Waals surface area contributed by atoms with Crippen LogP contribution in [0.5, 0.6) is 0 Å². The van der Waals surface area contributed by atoms with E-state index in [1.807, 2.05) is 0 Å². The van der Waals surface area contributed by atoms with Gasteiger partial charge in [0.2, 0.25) is 0 Å². The van der Waals surface area contributed by atoms with Gasteiger partial charge in [-0.25, -0.2) is 0 Å². The van der Waals surface area contributed by atoms with Crippen molar-refractivity contribution in [2.45, 2.75) is 32.4 Å². The van der Waals surface area contributed by atoms with Gasteiger partial charge < -0.3 is 5.73 Å². The lowest BCUT2D eigenvalue weighted by molar-refractivity contribution is 0.248. The summed E-state index contributed by atoms with van der Waals surface area (Å²) in [7, 11) is 0. The number of nitrogens with zero attached hydrogens (tertiary/aromatic N) is 1. The van der Waals surface area contributed by atoms with E-state index in [2.05, 4.69) is 49.1 Å². The van der Waals surface area contributed by atoms with Gasteiger partial charge in [-0.05, 0) is 38.3 Å². The van der Waals surface area contributed by atoms with Crippen LogP contribution in [0.1, 0.15) is 31.9 Å². The molecule has 0 unspecified atom stereocenters. The first kappa shape index (κ1) is 11.6. The second kappa shape index (κ2) is 4.98. The summed E-state index contributed by atoms with van der Waals surface area (Å²) in [4.78, 5) is 2.54. The Bertz CT molecular complexity index is 321. The first-order valence-electron chi connectivity index (χ1n) is 6.23. The van der Waals surface area contributed by atoms with Crippen molar-refractivity contribution in [3.05, 3.63) is 35.9 Å². The van der Waals surface area contributed by atoms with Gasteiger partial charge in [0.25, 0.3) is 0 Å². The van der Waals surface area contributed by atoms with E-state index in [1.165, 1.54) is 18.5 Å². The minimum Gasteiger partial charge on any atom is -0.328 e. The summed E-state index contributed by atoms with van der Waals surface area (Å²) in [6.07, 6.45) is 1.24. The Morgan fingerprint density at radius 1 is 1.25 bits per heavy atom. The van der Waals surface area contributed by atoms with E-state index >= 15 is 0 Å². The van der Waals surface area contributed by atoms with Crippen molar-refractivity contribution >= 4 is 0 Å². The zero-order valence-electron chi connectivity index (χ0n) is 10.3. The molecule has 1 fully saturated rings. The Morgan fingerprint density at radius 2 is 1.94 bits per heavy atom. The fourth-order valence-electron chi connectivity index (χ4n) is 2.54. The van der Waals surface area contributed by atoms with Crippen LogP contribution in [0, 0.1) is 5.92 Å². The summed E-state index contributed by atoms with van der Waals surface area (Å²) in [5.74, 6) is 0.672. The van der Waals surface area contributed by atoms with E-state index in [9.17, 15) is 0 Å². The number of nitrogens with two attached hydrogens (primary N) is 1. The molecule has 1 heterocycles. The molecule has 2 nitrogen and oxygen atoms in total. The van der Waals surface area contributed by atoms with Crippen molar-refractivity contribution in [2.24, 2.45) is 11.7 Å². The molecule has 0 bridgehead atoms. The summed E-state index contributed by atoms with van der Waals surface area (Å²) >= 11 is 0. The van der Waals surface area contributed by atoms with Crippen LogP contribution in [-0.2, 0) is 0 Å². The number of benzene rings is 1. The smallest absolute Gasteiger partial charge is 0.0320 e. The van der Waals surface area contributed by atoms with Crippen molar-refractivity contribution in [1.82, 2.24) is 4.90 Å². The molecule has 0 amide bonds. The average molecular weight is 218 g/mol. The molecule has 1 aliphatic heterocycles. The van der Waals surface area contributed by atoms with E-state index in [1.54, 1.807) is 0 Å². The second-order valence-electron chi connectivity index (χ2n) is 4.99. The summed E-state index contributed by atoms with van der Waals surface area (Å²) in [5, 5.41) is 0. The highest BCUT2D eigenvalue weighted by atomic mass is 15.2. The van der Waals surface area contributed by atoms with Gasteiger partial charge in [0.05, 0.1) is 0 Å². The van der Waals surface area contributed by atoms with Gasteiger partial charge in [0, 0.05) is 18.6 Å². The lowest BCUT2D eigenvalue weighted by Gasteiger charge is -2.25. The lowest BCUT2D eigenvalue weighted by Crippen LogP contribution is -2.30. The van der Waals surface area contributed by atoms with Crippen molar-refractivity contribution < 1.29 is 0 Å². The monoisotopic (exact) mass is 218 g/mol. The molecule has 0 saturated carbocycles. The third-order valence-electron chi connectivity index (χ3n) is 3.83. The standard InChI is InChI=1S/C14H22N2/c1-11(15)14-8-9-16(10-14)12(2)13-6-4-3-5-7-13/h3-7,11-12,14H,8-10,15H2,1-2H3/t11-,12-,14-/m1/s1. The number of rotatable bonds is 3. The van der Waals surface area contributed by atoms with Crippen LogP contribution in [0.15, 0.2) is 30.3 Å². The zero-order valence-corrected chi connectivity index (χ0v) is 10.3. The molecule has 0 radical (unpaired) electrons. The molecule has 0 aromatic heterocycles. The molecule has 1 aromatic carbocycles. The SMILES string of the molecule is C[C@H](c1ccccc1)N1CC[C@@H]([C@@H](C)N)C1. The third kappa shape index (κ3) is 2.45. The minimum absolute atomic E-state index is 0.327. The van der Waals surface area contributed by atoms with E-state index in [-0.39, 0.29) is 0 Å². The molecule has 1 saturated heterocycles. The second-order valence-corrected chi connectivity index (χ2v) is 4.99. The van der Waals surface area contributed by atoms with Gasteiger partial charge in [0.1, 0.15) is 0 Å². The van der Waals surface area contributed by atoms with Crippen LogP contribution in [0.3, 0.4) is 0 Å². The fourth-order valence-corrected chi connectivity index (χ4v) is 2.54. The van der Waals surface area contributed by atoms with Crippen molar-refractivity contribution in [2.75, 3.05) is 13.1 Å². The molecule has 2 rings (SSSR count). The predicted octanol–water partition coefficient (Wildman–Crippen LogP) is 2.42. The maximum Gasteiger partial charge on any atom is 0.0320 e. The Labute approximate surface area is 98.4 Å². The van der Waals surface area contributed by atoms with Gasteiger partial charge in [0.15, 0.2) is 0 Å². The Balaban J connectivity index is 2.00. The average Bonchev–Trinajstić information content (AvgIpc) is 2.78. The first-order valence-corrected chi connectivity index (χ1v) is 6.23. The molecule has 2 heteroatoms. The van der Waals surface area contributed by atoms with Crippen molar-refractivity contribution in [1.29, 1.82) is 0 Å². The Hall–Kier alpha value is -0.860. The normalized spacial score (nSPS) is 25.6. The highest BCUT2D eigenvalue weighted by Crippen LogP contribution is 2.28. The maximum atomic E-state index is 5.97. The number of hydrogen-bond acceptors (Lipinski definition) is 2. The summed E-state index contributed by atoms with van der Waals surface area (Å²) in [5.41, 5.74) is 7.38. The zero-order chi connectivity index (χ0) is 11.5. The highest BCUT2D eigenvalue weighted by molar-refractivity contribution is 5.18. The summed E-state index contributed by atoms with van der Waals surface area (Å²) < 4.78 is 0. The third-order valence-corrected chi connectivity index (χ3v) is 3.83. The van der Waals surface area contributed by atoms with Crippen LogP contribution in [0.4, 0.5) is 0 Å². The van der Waals surface area contributed by atoms with E-state index in [4.69, 9.17) is 5.73 Å². The summed E-state index contributed by atoms with van der Waals surface area (Å²) in [6.45, 7) is 6.75. The van der Waals surface area contributed by atoms with Crippen LogP contribution in [-0.4, -0.2) is 24.0 Å². The number of likely N-dealkylation sites (tertiary alicyclic amines) is 1. The van der Waals surface area contributed by atoms with Crippen molar-refractivity contribution in [3.8, 4) is 0 Å². The van der Waals surface area contributed by atoms with Crippen LogP contribution >= 0.6 is 0 Å². The topological polar surface area (TPSA) is 29.3 Å². The first-order chi connectivity index (χ1) is 7.68. The number of hydrogen-bond donors (Lipinski definition) is 1. The van der Waals surface area contributed by atoms with Crippen LogP contribution in [0.2, 0.25) is 0 Å². The predicted molar refractivity (Wildman–Crippen MR) is 68.2 cm³/mol. The molecule has 1 aliphatic rings. The molecule has 0 aliphatic carbocycles. The van der Waals surface area contributed by atoms with E-state index < -0.39 is 0 Å². The van der Waals surface area contributed by atoms with Gasteiger partial charge in [-0.3, -0.25) is 4.90 Å². The van der Waals surface area contributed by atoms with E-state index in [0.29, 0.717) is 18.0 Å². The molecule has 0 spiro atoms. The van der Waals surface area contributed by atoms with E-state index in [0.717, 1.165) is 6.54 Å². The summed E-state index contributed by atoms with van der Waals surface area (Å²) in [6, 6.07) is 11.6. The van der Waals surface area contributed by atoms with Crippen molar-refractivity contribution in [3.63, 3.8) is 0 Å². The minimum atomic E-state index is 0.327. The van der Waals surface area contributed by atoms with Gasteiger partial charge in [-0.1, -0.05) is 30.3 Å². The van der Waals surface area contributed by atoms with Crippen LogP contribution in [0.25, 0.3) is 0 Å². The molecule has 88 valence electrons. The lowest BCUT2D eigenvalue weighted by atomic mass is 10.0.